The van der Waals surface area contributed by atoms with Crippen molar-refractivity contribution in [2.24, 2.45) is 0 Å². The number of hydrogen-bond acceptors (Lipinski definition) is 11. The van der Waals surface area contributed by atoms with Gasteiger partial charge in [0.25, 0.3) is 17.7 Å². The van der Waals surface area contributed by atoms with Crippen LogP contribution in [0.5, 0.6) is 0 Å². The summed E-state index contributed by atoms with van der Waals surface area (Å²) in [5.41, 5.74) is 3.14. The first-order valence-corrected chi connectivity index (χ1v) is 17.4. The molecule has 5 heterocycles. The normalized spacial score (nSPS) is 15.4. The molecular formula is C36H24N4O7S4. The molecular weight excluding hydrogens is 729 g/mol. The van der Waals surface area contributed by atoms with E-state index in [1.54, 1.807) is 60.8 Å². The Labute approximate surface area is 309 Å². The Kier molecular flexibility index (Phi) is 11.0. The van der Waals surface area contributed by atoms with Crippen molar-refractivity contribution in [3.8, 4) is 22.6 Å². The Hall–Kier alpha value is -5.61. The number of amides is 3. The third-order valence-corrected chi connectivity index (χ3v) is 9.41. The van der Waals surface area contributed by atoms with Crippen LogP contribution in [0.1, 0.15) is 37.9 Å². The number of furan rings is 2. The quantitative estimate of drug-likeness (QED) is 0.0960. The summed E-state index contributed by atoms with van der Waals surface area (Å²) in [7, 11) is 0. The zero-order valence-corrected chi connectivity index (χ0v) is 29.3. The predicted molar refractivity (Wildman–Crippen MR) is 203 cm³/mol. The fourth-order valence-electron chi connectivity index (χ4n) is 4.61. The lowest BCUT2D eigenvalue weighted by Gasteiger charge is -2.05. The molecule has 2 fully saturated rings. The van der Waals surface area contributed by atoms with Gasteiger partial charge in [-0.1, -0.05) is 78.3 Å². The highest BCUT2D eigenvalue weighted by atomic mass is 32.2. The van der Waals surface area contributed by atoms with E-state index in [1.165, 1.54) is 35.7 Å². The van der Waals surface area contributed by atoms with Crippen LogP contribution in [0.4, 0.5) is 0 Å². The summed E-state index contributed by atoms with van der Waals surface area (Å²) < 4.78 is 12.3. The van der Waals surface area contributed by atoms with Crippen LogP contribution >= 0.6 is 48.0 Å². The van der Waals surface area contributed by atoms with E-state index in [1.807, 2.05) is 36.4 Å². The third kappa shape index (κ3) is 9.15. The Balaban J connectivity index is 0.000000183. The Morgan fingerprint density at radius 2 is 1.24 bits per heavy atom. The molecule has 0 radical (unpaired) electrons. The van der Waals surface area contributed by atoms with Crippen molar-refractivity contribution in [2.75, 3.05) is 0 Å². The molecule has 2 saturated heterocycles. The number of hydrogen-bond donors (Lipinski definition) is 4. The summed E-state index contributed by atoms with van der Waals surface area (Å²) in [6, 6.07) is 26.1. The number of carbonyl (C=O) groups is 4. The van der Waals surface area contributed by atoms with Crippen LogP contribution in [0.15, 0.2) is 116 Å². The number of carboxylic acid groups (broad SMARTS) is 1. The largest absolute Gasteiger partial charge is 0.478 e. The van der Waals surface area contributed by atoms with Gasteiger partial charge in [-0.05, 0) is 60.7 Å². The molecule has 2 aliphatic rings. The van der Waals surface area contributed by atoms with Crippen LogP contribution in [0.25, 0.3) is 34.8 Å². The number of thiocarbonyl (C=S) groups is 2. The molecule has 0 unspecified atom stereocenters. The van der Waals surface area contributed by atoms with Crippen molar-refractivity contribution in [2.45, 2.75) is 6.54 Å². The van der Waals surface area contributed by atoms with E-state index in [9.17, 15) is 19.2 Å². The lowest BCUT2D eigenvalue weighted by atomic mass is 10.1. The van der Waals surface area contributed by atoms with Crippen LogP contribution in [0, 0.1) is 0 Å². The van der Waals surface area contributed by atoms with Gasteiger partial charge >= 0.3 is 5.97 Å². The van der Waals surface area contributed by atoms with Crippen LogP contribution in [-0.4, -0.2) is 42.4 Å². The molecule has 254 valence electrons. The number of aromatic nitrogens is 1. The molecule has 0 atom stereocenters. The summed E-state index contributed by atoms with van der Waals surface area (Å²) >= 11 is 12.3. The van der Waals surface area contributed by atoms with Gasteiger partial charge < -0.3 is 29.9 Å². The topological polar surface area (TPSA) is 164 Å². The minimum Gasteiger partial charge on any atom is -0.478 e. The zero-order chi connectivity index (χ0) is 35.9. The van der Waals surface area contributed by atoms with Crippen LogP contribution in [-0.2, 0) is 16.1 Å². The first-order chi connectivity index (χ1) is 24.6. The zero-order valence-electron chi connectivity index (χ0n) is 26.1. The number of benzene rings is 2. The van der Waals surface area contributed by atoms with Gasteiger partial charge in [0.2, 0.25) is 0 Å². The molecule has 0 aliphatic carbocycles. The summed E-state index contributed by atoms with van der Waals surface area (Å²) in [5.74, 6) is 0.707. The number of nitrogens with zero attached hydrogens (tertiary/aromatic N) is 1. The first-order valence-electron chi connectivity index (χ1n) is 14.9. The summed E-state index contributed by atoms with van der Waals surface area (Å²) in [6.07, 6.45) is 4.96. The summed E-state index contributed by atoms with van der Waals surface area (Å²) in [5, 5.41) is 16.8. The lowest BCUT2D eigenvalue weighted by molar-refractivity contribution is -0.116. The van der Waals surface area contributed by atoms with Gasteiger partial charge in [-0.3, -0.25) is 19.4 Å². The number of thioether (sulfide) groups is 2. The van der Waals surface area contributed by atoms with Gasteiger partial charge in [0.05, 0.1) is 27.6 Å². The van der Waals surface area contributed by atoms with Crippen molar-refractivity contribution < 1.29 is 33.1 Å². The standard InChI is InChI=1S/C21H15N3O3S2.C15H9NO4S2/c25-19(23-12-15-3-1-2-10-22-15)14-6-4-13(5-7-14)17-9-8-16(27-17)11-18-20(26)24-21(28)29-18;17-13-12(22-15(21)16-13)7-10-5-6-11(20-10)8-1-3-9(4-2-8)14(18)19/h1-11H,12H2,(H,23,25)(H,24,26,28);1-7H,(H,18,19)(H,16,17,21)/b18-11-;12-7-. The minimum absolute atomic E-state index is 0.174. The van der Waals surface area contributed by atoms with E-state index < -0.39 is 5.97 Å². The van der Waals surface area contributed by atoms with Gasteiger partial charge in [-0.2, -0.15) is 0 Å². The molecule has 51 heavy (non-hydrogen) atoms. The molecule has 0 saturated carbocycles. The predicted octanol–water partition coefficient (Wildman–Crippen LogP) is 6.89. The maximum atomic E-state index is 12.3. The Morgan fingerprint density at radius 3 is 1.67 bits per heavy atom. The first kappa shape index (κ1) is 35.2. The van der Waals surface area contributed by atoms with Crippen molar-refractivity contribution >= 4 is 92.4 Å². The van der Waals surface area contributed by atoms with E-state index >= 15 is 0 Å². The molecule has 0 bridgehead atoms. The monoisotopic (exact) mass is 752 g/mol. The number of rotatable bonds is 8. The second-order valence-corrected chi connectivity index (χ2v) is 14.0. The number of aromatic carboxylic acids is 1. The van der Waals surface area contributed by atoms with Gasteiger partial charge in [0.15, 0.2) is 0 Å². The molecule has 2 aromatic carbocycles. The van der Waals surface area contributed by atoms with Crippen molar-refractivity contribution in [1.29, 1.82) is 0 Å². The maximum Gasteiger partial charge on any atom is 0.335 e. The van der Waals surface area contributed by atoms with E-state index in [4.69, 9.17) is 38.4 Å². The Bertz CT molecular complexity index is 2220. The highest BCUT2D eigenvalue weighted by molar-refractivity contribution is 8.27. The molecule has 4 N–H and O–H groups in total. The van der Waals surface area contributed by atoms with Crippen molar-refractivity contribution in [1.82, 2.24) is 20.9 Å². The van der Waals surface area contributed by atoms with Crippen LogP contribution < -0.4 is 16.0 Å². The van der Waals surface area contributed by atoms with Gasteiger partial charge in [-0.15, -0.1) is 0 Å². The van der Waals surface area contributed by atoms with E-state index in [-0.39, 0.29) is 23.3 Å². The smallest absolute Gasteiger partial charge is 0.335 e. The lowest BCUT2D eigenvalue weighted by Crippen LogP contribution is -2.23. The van der Waals surface area contributed by atoms with Crippen molar-refractivity contribution in [3.05, 3.63) is 135 Å². The Morgan fingerprint density at radius 1 is 0.725 bits per heavy atom. The molecule has 5 aromatic rings. The van der Waals surface area contributed by atoms with Gasteiger partial charge in [0, 0.05) is 35.0 Å². The second kappa shape index (κ2) is 15.9. The summed E-state index contributed by atoms with van der Waals surface area (Å²) in [4.78, 5) is 51.6. The maximum absolute atomic E-state index is 12.3. The molecule has 3 aromatic heterocycles. The molecule has 2 aliphatic heterocycles. The van der Waals surface area contributed by atoms with Gasteiger partial charge in [-0.25, -0.2) is 4.79 Å². The second-order valence-electron chi connectivity index (χ2n) is 10.6. The summed E-state index contributed by atoms with van der Waals surface area (Å²) in [6.45, 7) is 0.368. The highest BCUT2D eigenvalue weighted by Gasteiger charge is 2.23. The number of carboxylic acids is 1. The van der Waals surface area contributed by atoms with Crippen LogP contribution in [0.3, 0.4) is 0 Å². The molecule has 15 heteroatoms. The number of pyridine rings is 1. The minimum atomic E-state index is -0.975. The van der Waals surface area contributed by atoms with E-state index in [0.717, 1.165) is 16.8 Å². The SMILES string of the molecule is O=C1NC(=S)S/C1=C\c1ccc(-c2ccc(C(=O)NCc3ccccn3)cc2)o1.O=C1NC(=S)S/C1=C\c1ccc(-c2ccc(C(=O)O)cc2)o1. The average molecular weight is 753 g/mol. The van der Waals surface area contributed by atoms with Crippen molar-refractivity contribution in [3.63, 3.8) is 0 Å². The fraction of sp³-hybridized carbons (Fsp3) is 0.0278. The third-order valence-electron chi connectivity index (χ3n) is 7.09. The fourth-order valence-corrected chi connectivity index (χ4v) is 6.66. The molecule has 0 spiro atoms. The van der Waals surface area contributed by atoms with E-state index in [0.29, 0.717) is 53.6 Å². The van der Waals surface area contributed by atoms with E-state index in [2.05, 4.69) is 20.9 Å². The van der Waals surface area contributed by atoms with Crippen LogP contribution in [0.2, 0.25) is 0 Å². The number of carbonyl (C=O) groups excluding carboxylic acids is 3. The highest BCUT2D eigenvalue weighted by Crippen LogP contribution is 2.30. The molecule has 11 nitrogen and oxygen atoms in total. The average Bonchev–Trinajstić information content (AvgIpc) is 3.93. The molecule has 3 amide bonds. The number of nitrogens with one attached hydrogen (secondary N) is 3. The van der Waals surface area contributed by atoms with Gasteiger partial charge in [0.1, 0.15) is 31.7 Å². The molecule has 7 rings (SSSR count).